The van der Waals surface area contributed by atoms with Gasteiger partial charge in [0.1, 0.15) is 5.01 Å². The Morgan fingerprint density at radius 2 is 2.07 bits per heavy atom. The Balaban J connectivity index is 1.46. The Morgan fingerprint density at radius 3 is 2.86 bits per heavy atom. The van der Waals surface area contributed by atoms with Crippen molar-refractivity contribution in [3.63, 3.8) is 0 Å². The van der Waals surface area contributed by atoms with E-state index in [0.717, 1.165) is 59.4 Å². The molecule has 2 atom stereocenters. The van der Waals surface area contributed by atoms with Crippen molar-refractivity contribution in [3.8, 4) is 11.1 Å². The van der Waals surface area contributed by atoms with Crippen LogP contribution in [0.1, 0.15) is 36.9 Å². The first-order valence-electron chi connectivity index (χ1n) is 10.3. The van der Waals surface area contributed by atoms with Crippen LogP contribution in [0, 0.1) is 11.8 Å². The minimum absolute atomic E-state index is 0.0969. The summed E-state index contributed by atoms with van der Waals surface area (Å²) in [6.07, 6.45) is 5.69. The summed E-state index contributed by atoms with van der Waals surface area (Å²) in [5.74, 6) is 1.39. The van der Waals surface area contributed by atoms with Gasteiger partial charge in [-0.1, -0.05) is 31.3 Å². The highest BCUT2D eigenvalue weighted by Gasteiger charge is 2.36. The lowest BCUT2D eigenvalue weighted by atomic mass is 9.82. The van der Waals surface area contributed by atoms with E-state index in [0.29, 0.717) is 17.8 Å². The molecule has 6 nitrogen and oxygen atoms in total. The fourth-order valence-electron chi connectivity index (χ4n) is 4.62. The van der Waals surface area contributed by atoms with Gasteiger partial charge < -0.3 is 9.47 Å². The molecule has 0 radical (unpaired) electrons. The lowest BCUT2D eigenvalue weighted by molar-refractivity contribution is 0.281. The van der Waals surface area contributed by atoms with Gasteiger partial charge in [-0.25, -0.2) is 0 Å². The van der Waals surface area contributed by atoms with Gasteiger partial charge in [-0.05, 0) is 36.0 Å². The van der Waals surface area contributed by atoms with Crippen molar-refractivity contribution in [2.24, 2.45) is 11.8 Å². The zero-order chi connectivity index (χ0) is 20.0. The molecule has 2 aliphatic rings. The van der Waals surface area contributed by atoms with Gasteiger partial charge in [-0.15, -0.1) is 10.2 Å². The van der Waals surface area contributed by atoms with Gasteiger partial charge in [0.25, 0.3) is 5.56 Å². The van der Waals surface area contributed by atoms with Gasteiger partial charge in [-0.2, -0.15) is 0 Å². The van der Waals surface area contributed by atoms with Gasteiger partial charge in [-0.3, -0.25) is 9.78 Å². The Kier molecular flexibility index (Phi) is 4.70. The van der Waals surface area contributed by atoms with Crippen molar-refractivity contribution in [1.82, 2.24) is 19.7 Å². The standard InChI is InChI=1S/C22H25N5OS/c1-14(2)6-20-24-25-22(29-20)26-11-15-7-18(13-26)19-8-17(9-21(28)27(19)12-15)16-4-3-5-23-10-16/h3-5,8-10,14-15,18H,6-7,11-13H2,1-2H3/t15-,18+/m0/s1. The van der Waals surface area contributed by atoms with E-state index in [1.165, 1.54) is 0 Å². The largest absolute Gasteiger partial charge is 0.346 e. The average molecular weight is 408 g/mol. The maximum Gasteiger partial charge on any atom is 0.251 e. The Labute approximate surface area is 174 Å². The second kappa shape index (κ2) is 7.37. The lowest BCUT2D eigenvalue weighted by Gasteiger charge is -2.42. The second-order valence-corrected chi connectivity index (χ2v) is 9.68. The van der Waals surface area contributed by atoms with Crippen LogP contribution in [0.2, 0.25) is 0 Å². The summed E-state index contributed by atoms with van der Waals surface area (Å²) in [6, 6.07) is 7.86. The molecule has 7 heteroatoms. The number of aromatic nitrogens is 4. The third-order valence-corrected chi connectivity index (χ3v) is 6.87. The maximum atomic E-state index is 12.9. The minimum atomic E-state index is 0.0969. The molecule has 2 bridgehead atoms. The summed E-state index contributed by atoms with van der Waals surface area (Å²) in [7, 11) is 0. The van der Waals surface area contributed by atoms with Crippen LogP contribution < -0.4 is 10.5 Å². The predicted molar refractivity (Wildman–Crippen MR) is 115 cm³/mol. The van der Waals surface area contributed by atoms with Gasteiger partial charge in [0, 0.05) is 61.7 Å². The number of nitrogens with zero attached hydrogens (tertiary/aromatic N) is 5. The summed E-state index contributed by atoms with van der Waals surface area (Å²) in [4.78, 5) is 19.4. The first-order valence-corrected chi connectivity index (χ1v) is 11.1. The summed E-state index contributed by atoms with van der Waals surface area (Å²) in [5, 5.41) is 11.0. The van der Waals surface area contributed by atoms with E-state index in [-0.39, 0.29) is 5.56 Å². The molecule has 0 spiro atoms. The van der Waals surface area contributed by atoms with Crippen LogP contribution in [-0.4, -0.2) is 32.8 Å². The maximum absolute atomic E-state index is 12.9. The van der Waals surface area contributed by atoms with Crippen molar-refractivity contribution in [2.45, 2.75) is 39.2 Å². The minimum Gasteiger partial charge on any atom is -0.346 e. The number of rotatable bonds is 4. The third kappa shape index (κ3) is 3.59. The second-order valence-electron chi connectivity index (χ2n) is 8.64. The molecular formula is C22H25N5OS. The fraction of sp³-hybridized carbons (Fsp3) is 0.455. The Bertz CT molecular complexity index is 1070. The van der Waals surface area contributed by atoms with Crippen molar-refractivity contribution >= 4 is 16.5 Å². The van der Waals surface area contributed by atoms with E-state index in [1.54, 1.807) is 23.6 Å². The van der Waals surface area contributed by atoms with Gasteiger partial charge in [0.2, 0.25) is 5.13 Å². The van der Waals surface area contributed by atoms with E-state index in [1.807, 2.05) is 22.9 Å². The van der Waals surface area contributed by atoms with E-state index in [4.69, 9.17) is 0 Å². The molecule has 0 aromatic carbocycles. The molecule has 0 N–H and O–H groups in total. The first-order chi connectivity index (χ1) is 14.1. The topological polar surface area (TPSA) is 63.9 Å². The Morgan fingerprint density at radius 1 is 1.17 bits per heavy atom. The molecule has 3 aromatic heterocycles. The average Bonchev–Trinajstić information content (AvgIpc) is 3.17. The molecule has 5 rings (SSSR count). The molecule has 2 aliphatic heterocycles. The number of pyridine rings is 2. The van der Waals surface area contributed by atoms with Crippen LogP contribution in [0.4, 0.5) is 5.13 Å². The van der Waals surface area contributed by atoms with Crippen molar-refractivity contribution in [2.75, 3.05) is 18.0 Å². The van der Waals surface area contributed by atoms with Gasteiger partial charge in [0.05, 0.1) is 0 Å². The van der Waals surface area contributed by atoms with E-state index >= 15 is 0 Å². The SMILES string of the molecule is CC(C)Cc1nnc(N2C[C@@H]3C[C@H](C2)c2cc(-c4cccnc4)cc(=O)n2C3)s1. The summed E-state index contributed by atoms with van der Waals surface area (Å²) < 4.78 is 1.99. The van der Waals surface area contributed by atoms with E-state index in [9.17, 15) is 4.79 Å². The molecule has 150 valence electrons. The van der Waals surface area contributed by atoms with Crippen LogP contribution in [0.25, 0.3) is 11.1 Å². The summed E-state index contributed by atoms with van der Waals surface area (Å²) in [5.41, 5.74) is 3.19. The van der Waals surface area contributed by atoms with Crippen LogP contribution in [0.5, 0.6) is 0 Å². The highest BCUT2D eigenvalue weighted by Crippen LogP contribution is 2.38. The van der Waals surface area contributed by atoms with E-state index < -0.39 is 0 Å². The van der Waals surface area contributed by atoms with Crippen molar-refractivity contribution in [1.29, 1.82) is 0 Å². The van der Waals surface area contributed by atoms with Crippen LogP contribution in [-0.2, 0) is 13.0 Å². The van der Waals surface area contributed by atoms with Gasteiger partial charge in [0.15, 0.2) is 0 Å². The smallest absolute Gasteiger partial charge is 0.251 e. The fourth-order valence-corrected chi connectivity index (χ4v) is 5.69. The number of hydrogen-bond donors (Lipinski definition) is 0. The molecule has 0 amide bonds. The molecule has 1 saturated heterocycles. The van der Waals surface area contributed by atoms with Crippen LogP contribution in [0.3, 0.4) is 0 Å². The molecule has 0 unspecified atom stereocenters. The van der Waals surface area contributed by atoms with Crippen molar-refractivity contribution < 1.29 is 0 Å². The molecule has 1 fully saturated rings. The number of piperidine rings is 1. The monoisotopic (exact) mass is 407 g/mol. The summed E-state index contributed by atoms with van der Waals surface area (Å²) in [6.45, 7) is 7.04. The quantitative estimate of drug-likeness (QED) is 0.661. The normalized spacial score (nSPS) is 20.7. The number of anilines is 1. The van der Waals surface area contributed by atoms with E-state index in [2.05, 4.69) is 40.0 Å². The zero-order valence-corrected chi connectivity index (χ0v) is 17.6. The summed E-state index contributed by atoms with van der Waals surface area (Å²) >= 11 is 1.72. The molecular weight excluding hydrogens is 382 g/mol. The molecule has 3 aromatic rings. The van der Waals surface area contributed by atoms with Crippen LogP contribution >= 0.6 is 11.3 Å². The molecule has 0 aliphatic carbocycles. The lowest BCUT2D eigenvalue weighted by Crippen LogP contribution is -2.47. The number of fused-ring (bicyclic) bond motifs is 4. The third-order valence-electron chi connectivity index (χ3n) is 5.86. The van der Waals surface area contributed by atoms with Crippen molar-refractivity contribution in [3.05, 3.63) is 57.7 Å². The zero-order valence-electron chi connectivity index (χ0n) is 16.8. The van der Waals surface area contributed by atoms with Gasteiger partial charge >= 0.3 is 0 Å². The predicted octanol–water partition coefficient (Wildman–Crippen LogP) is 3.58. The first kappa shape index (κ1) is 18.5. The highest BCUT2D eigenvalue weighted by molar-refractivity contribution is 7.15. The van der Waals surface area contributed by atoms with Crippen LogP contribution in [0.15, 0.2) is 41.5 Å². The Hall–Kier alpha value is -2.54. The molecule has 29 heavy (non-hydrogen) atoms. The molecule has 5 heterocycles. The molecule has 0 saturated carbocycles. The highest BCUT2D eigenvalue weighted by atomic mass is 32.1. The number of hydrogen-bond acceptors (Lipinski definition) is 6.